The predicted molar refractivity (Wildman–Crippen MR) is 61.6 cm³/mol. The van der Waals surface area contributed by atoms with Crippen LogP contribution in [0.1, 0.15) is 5.69 Å². The fraction of sp³-hybridized carbons (Fsp3) is 0.273. The van der Waals surface area contributed by atoms with E-state index in [2.05, 4.69) is 5.10 Å². The summed E-state index contributed by atoms with van der Waals surface area (Å²) in [5.74, 6) is -0.505. The van der Waals surface area contributed by atoms with Crippen LogP contribution in [0, 0.1) is 0 Å². The van der Waals surface area contributed by atoms with Gasteiger partial charge in [0.25, 0.3) is 0 Å². The zero-order chi connectivity index (χ0) is 11.7. The zero-order valence-corrected chi connectivity index (χ0v) is 9.05. The minimum absolute atomic E-state index is 0.372. The van der Waals surface area contributed by atoms with Crippen LogP contribution in [0.5, 0.6) is 0 Å². The third-order valence-corrected chi connectivity index (χ3v) is 2.61. The van der Waals surface area contributed by atoms with Crippen LogP contribution in [0.4, 0.5) is 0 Å². The quantitative estimate of drug-likeness (QED) is 0.756. The van der Waals surface area contributed by atoms with Crippen molar-refractivity contribution in [2.45, 2.75) is 12.5 Å². The van der Waals surface area contributed by atoms with Crippen molar-refractivity contribution in [2.75, 3.05) is 0 Å². The number of primary amides is 1. The molecule has 0 radical (unpaired) electrons. The Hall–Kier alpha value is -1.88. The van der Waals surface area contributed by atoms with Crippen molar-refractivity contribution < 1.29 is 4.79 Å². The summed E-state index contributed by atoms with van der Waals surface area (Å²) in [6.07, 6.45) is 0.372. The number of fused-ring (bicyclic) bond motifs is 1. The first-order valence-electron chi connectivity index (χ1n) is 5.05. The third-order valence-electron chi connectivity index (χ3n) is 2.61. The number of carbonyl (C=O) groups excluding carboxylic acids is 1. The van der Waals surface area contributed by atoms with Gasteiger partial charge in [-0.1, -0.05) is 18.2 Å². The van der Waals surface area contributed by atoms with Gasteiger partial charge < -0.3 is 11.5 Å². The van der Waals surface area contributed by atoms with Gasteiger partial charge in [0.1, 0.15) is 0 Å². The molecule has 0 aliphatic carbocycles. The van der Waals surface area contributed by atoms with Crippen LogP contribution < -0.4 is 11.5 Å². The van der Waals surface area contributed by atoms with Gasteiger partial charge in [0, 0.05) is 18.9 Å². The lowest BCUT2D eigenvalue weighted by molar-refractivity contribution is -0.119. The monoisotopic (exact) mass is 218 g/mol. The molecule has 0 bridgehead atoms. The molecule has 16 heavy (non-hydrogen) atoms. The van der Waals surface area contributed by atoms with Crippen LogP contribution in [0.2, 0.25) is 0 Å². The average Bonchev–Trinajstić information content (AvgIpc) is 2.57. The maximum Gasteiger partial charge on any atom is 0.234 e. The molecule has 1 heterocycles. The molecular formula is C11H14N4O. The molecule has 0 saturated heterocycles. The predicted octanol–water partition coefficient (Wildman–Crippen LogP) is -0.0716. The molecular weight excluding hydrogens is 204 g/mol. The van der Waals surface area contributed by atoms with E-state index in [0.717, 1.165) is 16.6 Å². The number of hydrogen-bond acceptors (Lipinski definition) is 3. The van der Waals surface area contributed by atoms with Gasteiger partial charge in [-0.15, -0.1) is 0 Å². The highest BCUT2D eigenvalue weighted by Crippen LogP contribution is 2.18. The van der Waals surface area contributed by atoms with Gasteiger partial charge in [-0.05, 0) is 6.07 Å². The third kappa shape index (κ3) is 1.77. The van der Waals surface area contributed by atoms with Crippen molar-refractivity contribution in [1.29, 1.82) is 0 Å². The highest BCUT2D eigenvalue weighted by atomic mass is 16.1. The minimum atomic E-state index is -0.682. The molecule has 2 aromatic rings. The van der Waals surface area contributed by atoms with Crippen LogP contribution >= 0.6 is 0 Å². The van der Waals surface area contributed by atoms with Crippen LogP contribution in [0.25, 0.3) is 10.9 Å². The normalized spacial score (nSPS) is 12.9. The number of nitrogens with two attached hydrogens (primary N) is 2. The summed E-state index contributed by atoms with van der Waals surface area (Å²) in [5.41, 5.74) is 12.6. The van der Waals surface area contributed by atoms with Gasteiger partial charge in [0.05, 0.1) is 17.3 Å². The molecule has 0 fully saturated rings. The Balaban J connectivity index is 2.42. The van der Waals surface area contributed by atoms with E-state index >= 15 is 0 Å². The van der Waals surface area contributed by atoms with Crippen molar-refractivity contribution in [3.8, 4) is 0 Å². The highest BCUT2D eigenvalue weighted by molar-refractivity contribution is 5.84. The van der Waals surface area contributed by atoms with E-state index in [1.807, 2.05) is 31.3 Å². The van der Waals surface area contributed by atoms with Crippen molar-refractivity contribution in [1.82, 2.24) is 9.78 Å². The molecule has 0 aliphatic rings. The smallest absolute Gasteiger partial charge is 0.234 e. The van der Waals surface area contributed by atoms with Crippen molar-refractivity contribution in [3.63, 3.8) is 0 Å². The number of rotatable bonds is 3. The fourth-order valence-corrected chi connectivity index (χ4v) is 1.75. The molecule has 2 rings (SSSR count). The van der Waals surface area contributed by atoms with Crippen LogP contribution in [-0.4, -0.2) is 21.7 Å². The maximum absolute atomic E-state index is 10.9. The Morgan fingerprint density at radius 1 is 1.50 bits per heavy atom. The number of nitrogens with zero attached hydrogens (tertiary/aromatic N) is 2. The molecule has 1 atom stereocenters. The van der Waals surface area contributed by atoms with Crippen molar-refractivity contribution in [3.05, 3.63) is 30.0 Å². The first-order chi connectivity index (χ1) is 7.59. The average molecular weight is 218 g/mol. The molecule has 84 valence electrons. The second-order valence-electron chi connectivity index (χ2n) is 3.80. The van der Waals surface area contributed by atoms with E-state index < -0.39 is 11.9 Å². The van der Waals surface area contributed by atoms with Gasteiger partial charge in [-0.25, -0.2) is 0 Å². The Bertz CT molecular complexity index is 532. The standard InChI is InChI=1S/C11H14N4O/c1-15-10-5-3-2-4-7(10)9(14-15)6-8(12)11(13)16/h2-5,8H,6,12H2,1H3,(H2,13,16). The van der Waals surface area contributed by atoms with Gasteiger partial charge in [-0.2, -0.15) is 5.10 Å². The topological polar surface area (TPSA) is 86.9 Å². The molecule has 0 saturated carbocycles. The molecule has 5 heteroatoms. The van der Waals surface area contributed by atoms with Gasteiger partial charge in [0.15, 0.2) is 0 Å². The Kier molecular flexibility index (Phi) is 2.62. The summed E-state index contributed by atoms with van der Waals surface area (Å²) in [6, 6.07) is 7.14. The van der Waals surface area contributed by atoms with Crippen molar-refractivity contribution >= 4 is 16.8 Å². The number of aromatic nitrogens is 2. The van der Waals surface area contributed by atoms with E-state index in [0.29, 0.717) is 6.42 Å². The number of benzene rings is 1. The second kappa shape index (κ2) is 3.94. The SMILES string of the molecule is Cn1nc(CC(N)C(N)=O)c2ccccc21. The van der Waals surface area contributed by atoms with Crippen molar-refractivity contribution in [2.24, 2.45) is 18.5 Å². The Labute approximate surface area is 93.0 Å². The molecule has 0 spiro atoms. The number of amides is 1. The lowest BCUT2D eigenvalue weighted by Crippen LogP contribution is -2.38. The molecule has 1 aromatic heterocycles. The van der Waals surface area contributed by atoms with E-state index in [-0.39, 0.29) is 0 Å². The molecule has 1 unspecified atom stereocenters. The molecule has 1 aromatic carbocycles. The van der Waals surface area contributed by atoms with Crippen LogP contribution in [0.15, 0.2) is 24.3 Å². The summed E-state index contributed by atoms with van der Waals surface area (Å²) in [5, 5.41) is 5.36. The fourth-order valence-electron chi connectivity index (χ4n) is 1.75. The van der Waals surface area contributed by atoms with Gasteiger partial charge >= 0.3 is 0 Å². The van der Waals surface area contributed by atoms with E-state index in [1.54, 1.807) is 4.68 Å². The van der Waals surface area contributed by atoms with E-state index in [4.69, 9.17) is 11.5 Å². The lowest BCUT2D eigenvalue weighted by atomic mass is 10.1. The molecule has 5 nitrogen and oxygen atoms in total. The van der Waals surface area contributed by atoms with Crippen LogP contribution in [-0.2, 0) is 18.3 Å². The second-order valence-corrected chi connectivity index (χ2v) is 3.80. The van der Waals surface area contributed by atoms with E-state index in [1.165, 1.54) is 0 Å². The van der Waals surface area contributed by atoms with Gasteiger partial charge in [-0.3, -0.25) is 9.48 Å². The number of aryl methyl sites for hydroxylation is 1. The first kappa shape index (κ1) is 10.6. The zero-order valence-electron chi connectivity index (χ0n) is 9.05. The molecule has 1 amide bonds. The summed E-state index contributed by atoms with van der Waals surface area (Å²) >= 11 is 0. The number of carbonyl (C=O) groups is 1. The summed E-state index contributed by atoms with van der Waals surface area (Å²) in [7, 11) is 1.86. The van der Waals surface area contributed by atoms with E-state index in [9.17, 15) is 4.79 Å². The number of hydrogen-bond donors (Lipinski definition) is 2. The summed E-state index contributed by atoms with van der Waals surface area (Å²) < 4.78 is 1.78. The molecule has 0 aliphatic heterocycles. The Morgan fingerprint density at radius 2 is 2.19 bits per heavy atom. The molecule has 4 N–H and O–H groups in total. The number of para-hydroxylation sites is 1. The maximum atomic E-state index is 10.9. The minimum Gasteiger partial charge on any atom is -0.368 e. The lowest BCUT2D eigenvalue weighted by Gasteiger charge is -2.04. The Morgan fingerprint density at radius 3 is 2.88 bits per heavy atom. The highest BCUT2D eigenvalue weighted by Gasteiger charge is 2.15. The summed E-state index contributed by atoms with van der Waals surface area (Å²) in [6.45, 7) is 0. The first-order valence-corrected chi connectivity index (χ1v) is 5.05. The largest absolute Gasteiger partial charge is 0.368 e. The summed E-state index contributed by atoms with van der Waals surface area (Å²) in [4.78, 5) is 10.9. The van der Waals surface area contributed by atoms with Gasteiger partial charge in [0.2, 0.25) is 5.91 Å². The van der Waals surface area contributed by atoms with Crippen LogP contribution in [0.3, 0.4) is 0 Å².